The van der Waals surface area contributed by atoms with Crippen molar-refractivity contribution in [2.24, 2.45) is 5.92 Å². The van der Waals surface area contributed by atoms with Crippen LogP contribution in [-0.2, 0) is 90.4 Å². The minimum absolute atomic E-state index is 0.0479. The van der Waals surface area contributed by atoms with Crippen LogP contribution in [0.15, 0.2) is 0 Å². The highest BCUT2D eigenvalue weighted by Crippen LogP contribution is 2.15. The van der Waals surface area contributed by atoms with Gasteiger partial charge in [0.15, 0.2) is 0 Å². The van der Waals surface area contributed by atoms with Crippen LogP contribution in [-0.4, -0.2) is 257 Å². The van der Waals surface area contributed by atoms with Crippen LogP contribution in [0.5, 0.6) is 0 Å². The largest absolute Gasteiger partial charge is 0.379 e. The molecular weight excluding hydrogens is 1350 g/mol. The Hall–Kier alpha value is -4.19. The van der Waals surface area contributed by atoms with Crippen LogP contribution >= 0.6 is 0 Å². The number of hydrogen-bond donors (Lipinski definition) is 6. The smallest absolute Gasteiger partial charge is 0.222 e. The van der Waals surface area contributed by atoms with Crippen LogP contribution in [0.1, 0.15) is 252 Å². The van der Waals surface area contributed by atoms with E-state index in [1.165, 1.54) is 154 Å². The number of nitrogens with one attached hydrogen (secondary N) is 6. The second-order valence-electron chi connectivity index (χ2n) is 27.1. The third-order valence-corrected chi connectivity index (χ3v) is 17.0. The van der Waals surface area contributed by atoms with Crippen molar-refractivity contribution in [3.8, 4) is 0 Å². The van der Waals surface area contributed by atoms with Crippen LogP contribution in [0.3, 0.4) is 0 Å². The predicted molar refractivity (Wildman–Crippen MR) is 412 cm³/mol. The molecule has 6 N–H and O–H groups in total. The number of rotatable bonds is 86. The molecule has 0 fully saturated rings. The molecule has 0 heterocycles. The van der Waals surface area contributed by atoms with Crippen LogP contribution < -0.4 is 31.9 Å². The summed E-state index contributed by atoms with van der Waals surface area (Å²) < 4.78 is 66.9. The van der Waals surface area contributed by atoms with Gasteiger partial charge in [-0.05, 0) is 18.8 Å². The molecule has 0 spiro atoms. The first-order chi connectivity index (χ1) is 51.5. The van der Waals surface area contributed by atoms with Gasteiger partial charge >= 0.3 is 0 Å². The van der Waals surface area contributed by atoms with Gasteiger partial charge in [0.05, 0.1) is 159 Å². The van der Waals surface area contributed by atoms with Gasteiger partial charge in [-0.15, -0.1) is 0 Å². The van der Waals surface area contributed by atoms with Crippen LogP contribution in [0.25, 0.3) is 0 Å². The Balaban J connectivity index is 3.61. The van der Waals surface area contributed by atoms with E-state index in [1.54, 1.807) is 4.90 Å². The lowest BCUT2D eigenvalue weighted by Gasteiger charge is -2.23. The number of carbonyl (C=O) groups is 7. The van der Waals surface area contributed by atoms with E-state index in [9.17, 15) is 33.6 Å². The zero-order valence-corrected chi connectivity index (χ0v) is 66.7. The first-order valence-electron chi connectivity index (χ1n) is 41.3. The highest BCUT2D eigenvalue weighted by atomic mass is 16.6. The van der Waals surface area contributed by atoms with Gasteiger partial charge in [0.2, 0.25) is 41.4 Å². The van der Waals surface area contributed by atoms with Gasteiger partial charge in [-0.25, -0.2) is 0 Å². The molecule has 618 valence electrons. The standard InChI is InChI=1S/C79H153N7O19/c1-5-7-9-11-13-15-17-19-21-23-25-27-29-31-33-73(87)80-41-53-98-55-43-84-75(89)35-47-94-51-39-82-77(91)37-49-96-59-63-102-67-69-104-65-61-100-57-45-86(79(93)71-72(3)4)46-58-101-62-66-105-70-68-103-64-60-97-50-38-78(92)83-40-52-95-48-36-76(90)85-44-56-99-54-42-81-74(88)34-32-30-28-26-24-22-20-18-16-14-12-10-8-6-2/h72H,5-71H2,1-4H3,(H,80,87)(H,81,88)(H,82,91)(H,83,92)(H,84,89)(H,85,90). The second-order valence-corrected chi connectivity index (χ2v) is 27.1. The number of unbranched alkanes of at least 4 members (excludes halogenated alkanes) is 26. The third-order valence-electron chi connectivity index (χ3n) is 17.0. The summed E-state index contributed by atoms with van der Waals surface area (Å²) in [7, 11) is 0. The Kier molecular flexibility index (Phi) is 80.5. The van der Waals surface area contributed by atoms with Crippen molar-refractivity contribution < 1.29 is 90.4 Å². The summed E-state index contributed by atoms with van der Waals surface area (Å²) in [5, 5.41) is 16.9. The van der Waals surface area contributed by atoms with Gasteiger partial charge < -0.3 is 93.6 Å². The summed E-state index contributed by atoms with van der Waals surface area (Å²) in [5.41, 5.74) is 0. The van der Waals surface area contributed by atoms with Gasteiger partial charge in [-0.3, -0.25) is 33.6 Å². The average Bonchev–Trinajstić information content (AvgIpc) is 1.02. The van der Waals surface area contributed by atoms with E-state index < -0.39 is 0 Å². The Morgan fingerprint density at radius 2 is 0.410 bits per heavy atom. The van der Waals surface area contributed by atoms with E-state index >= 15 is 0 Å². The maximum absolute atomic E-state index is 12.9. The van der Waals surface area contributed by atoms with Gasteiger partial charge in [-0.2, -0.15) is 0 Å². The van der Waals surface area contributed by atoms with Crippen molar-refractivity contribution in [1.29, 1.82) is 0 Å². The summed E-state index contributed by atoms with van der Waals surface area (Å²) in [6.07, 6.45) is 38.5. The van der Waals surface area contributed by atoms with Crippen LogP contribution in [0.4, 0.5) is 0 Å². The number of hydrogen-bond acceptors (Lipinski definition) is 19. The third kappa shape index (κ3) is 82.2. The van der Waals surface area contributed by atoms with E-state index in [1.807, 2.05) is 13.8 Å². The molecule has 0 unspecified atom stereocenters. The van der Waals surface area contributed by atoms with E-state index in [2.05, 4.69) is 45.7 Å². The molecule has 0 saturated carbocycles. The molecule has 0 aromatic heterocycles. The molecule has 0 atom stereocenters. The monoisotopic (exact) mass is 1500 g/mol. The molecule has 0 aliphatic rings. The zero-order valence-electron chi connectivity index (χ0n) is 66.7. The van der Waals surface area contributed by atoms with Gasteiger partial charge in [-0.1, -0.05) is 195 Å². The lowest BCUT2D eigenvalue weighted by atomic mass is 10.0. The Labute approximate surface area is 635 Å². The van der Waals surface area contributed by atoms with Crippen molar-refractivity contribution in [1.82, 2.24) is 36.8 Å². The average molecular weight is 1510 g/mol. The Morgan fingerprint density at radius 3 is 0.638 bits per heavy atom. The maximum atomic E-state index is 12.9. The first kappa shape index (κ1) is 101. The Bertz CT molecular complexity index is 1830. The number of amides is 7. The molecule has 0 bridgehead atoms. The number of carbonyl (C=O) groups excluding carboxylic acids is 7. The molecule has 105 heavy (non-hydrogen) atoms. The van der Waals surface area contributed by atoms with Crippen LogP contribution in [0, 0.1) is 5.92 Å². The lowest BCUT2D eigenvalue weighted by Crippen LogP contribution is -2.37. The molecule has 0 aromatic carbocycles. The summed E-state index contributed by atoms with van der Waals surface area (Å²) in [6.45, 7) is 20.0. The SMILES string of the molecule is CCCCCCCCCCCCCCCCC(=O)NCCOCCNC(=O)CCOCCNC(=O)CCOCCOCCOCCOCCN(CCOCCOCCOCCOCCC(=O)NCCOCCC(=O)NCCOCCNC(=O)CCCCCCCCCCCCCCCC)C(=O)CC(C)C. The summed E-state index contributed by atoms with van der Waals surface area (Å²) in [6, 6.07) is 0. The molecule has 26 heteroatoms. The van der Waals surface area contributed by atoms with Crippen LogP contribution in [0.2, 0.25) is 0 Å². The molecule has 7 amide bonds. The molecule has 26 nitrogen and oxygen atoms in total. The van der Waals surface area contributed by atoms with Crippen molar-refractivity contribution >= 4 is 41.4 Å². The maximum Gasteiger partial charge on any atom is 0.222 e. The first-order valence-corrected chi connectivity index (χ1v) is 41.3. The molecule has 0 aromatic rings. The normalized spacial score (nSPS) is 11.4. The molecule has 0 aliphatic heterocycles. The predicted octanol–water partition coefficient (Wildman–Crippen LogP) is 10.1. The van der Waals surface area contributed by atoms with Gasteiger partial charge in [0, 0.05) is 97.3 Å². The summed E-state index contributed by atoms with van der Waals surface area (Å²) >= 11 is 0. The highest BCUT2D eigenvalue weighted by Gasteiger charge is 2.16. The molecule has 0 saturated heterocycles. The van der Waals surface area contributed by atoms with Crippen molar-refractivity contribution in [3.63, 3.8) is 0 Å². The summed E-state index contributed by atoms with van der Waals surface area (Å²) in [5.74, 6) is -0.212. The van der Waals surface area contributed by atoms with E-state index in [0.29, 0.717) is 191 Å². The lowest BCUT2D eigenvalue weighted by molar-refractivity contribution is -0.134. The highest BCUT2D eigenvalue weighted by molar-refractivity contribution is 5.78. The van der Waals surface area contributed by atoms with E-state index in [-0.39, 0.29) is 113 Å². The minimum atomic E-state index is -0.156. The number of nitrogens with zero attached hydrogens (tertiary/aromatic N) is 1. The van der Waals surface area contributed by atoms with Crippen molar-refractivity contribution in [3.05, 3.63) is 0 Å². The second kappa shape index (κ2) is 83.8. The summed E-state index contributed by atoms with van der Waals surface area (Å²) in [4.78, 5) is 87.4. The molecule has 0 rings (SSSR count). The quantitative estimate of drug-likeness (QED) is 0.0308. The van der Waals surface area contributed by atoms with E-state index in [0.717, 1.165) is 25.7 Å². The molecule has 0 aliphatic carbocycles. The van der Waals surface area contributed by atoms with Crippen molar-refractivity contribution in [2.45, 2.75) is 252 Å². The molecule has 0 radical (unpaired) electrons. The van der Waals surface area contributed by atoms with Gasteiger partial charge in [0.1, 0.15) is 0 Å². The topological polar surface area (TPSA) is 306 Å². The van der Waals surface area contributed by atoms with Gasteiger partial charge in [0.25, 0.3) is 0 Å². The molecular formula is C79H153N7O19. The van der Waals surface area contributed by atoms with E-state index in [4.69, 9.17) is 56.8 Å². The van der Waals surface area contributed by atoms with Crippen molar-refractivity contribution in [2.75, 3.05) is 211 Å². The fourth-order valence-corrected chi connectivity index (χ4v) is 10.8. The fourth-order valence-electron chi connectivity index (χ4n) is 10.8. The fraction of sp³-hybridized carbons (Fsp3) is 0.911. The number of ether oxygens (including phenoxy) is 12. The minimum Gasteiger partial charge on any atom is -0.379 e. The zero-order chi connectivity index (χ0) is 76.3. The Morgan fingerprint density at radius 1 is 0.229 bits per heavy atom.